The van der Waals surface area contributed by atoms with Crippen molar-refractivity contribution < 1.29 is 23.2 Å². The van der Waals surface area contributed by atoms with E-state index in [9.17, 15) is 0 Å². The predicted octanol–water partition coefficient (Wildman–Crippen LogP) is 9.59. The summed E-state index contributed by atoms with van der Waals surface area (Å²) >= 11 is -1.11. The minimum atomic E-state index is -1.11. The van der Waals surface area contributed by atoms with Crippen LogP contribution in [0.4, 0.5) is 0 Å². The van der Waals surface area contributed by atoms with Crippen molar-refractivity contribution in [2.75, 3.05) is 0 Å². The van der Waals surface area contributed by atoms with Gasteiger partial charge in [-0.25, -0.2) is 0 Å². The molecular formula is C42H30Cl2N2Zr. The first kappa shape index (κ1) is 30.2. The predicted molar refractivity (Wildman–Crippen MR) is 197 cm³/mol. The Labute approximate surface area is 298 Å². The zero-order chi connectivity index (χ0) is 29.5. The van der Waals surface area contributed by atoms with Crippen molar-refractivity contribution in [1.29, 1.82) is 0 Å². The van der Waals surface area contributed by atoms with Gasteiger partial charge in [0.25, 0.3) is 0 Å². The Morgan fingerprint density at radius 3 is 1.23 bits per heavy atom. The molecule has 2 aromatic heterocycles. The zero-order valence-electron chi connectivity index (χ0n) is 25.5. The normalized spacial score (nSPS) is 12.2. The molecule has 0 aliphatic heterocycles. The van der Waals surface area contributed by atoms with Gasteiger partial charge in [-0.05, 0) is 0 Å². The minimum absolute atomic E-state index is 0. The third-order valence-corrected chi connectivity index (χ3v) is 13.5. The number of nitrogens with zero attached hydrogens (tertiary/aromatic N) is 2. The summed E-state index contributed by atoms with van der Waals surface area (Å²) in [5.41, 5.74) is 16.7. The van der Waals surface area contributed by atoms with Crippen LogP contribution >= 0.6 is 24.8 Å². The van der Waals surface area contributed by atoms with Gasteiger partial charge in [0.05, 0.1) is 0 Å². The van der Waals surface area contributed by atoms with E-state index < -0.39 is 23.2 Å². The van der Waals surface area contributed by atoms with Crippen molar-refractivity contribution in [2.45, 2.75) is 12.8 Å². The molecule has 0 saturated carbocycles. The monoisotopic (exact) mass is 722 g/mol. The fraction of sp³-hybridized carbons (Fsp3) is 0.0476. The Morgan fingerprint density at radius 1 is 0.383 bits per heavy atom. The van der Waals surface area contributed by atoms with Crippen molar-refractivity contribution >= 4 is 53.2 Å². The number of hydrogen-bond donors (Lipinski definition) is 0. The molecule has 0 radical (unpaired) electrons. The maximum atomic E-state index is 2.50. The van der Waals surface area contributed by atoms with Gasteiger partial charge in [0.2, 0.25) is 0 Å². The molecule has 47 heavy (non-hydrogen) atoms. The van der Waals surface area contributed by atoms with Crippen LogP contribution in [0, 0.1) is 0 Å². The van der Waals surface area contributed by atoms with Crippen LogP contribution in [0.5, 0.6) is 0 Å². The molecule has 0 spiro atoms. The molecule has 226 valence electrons. The van der Waals surface area contributed by atoms with E-state index in [4.69, 9.17) is 0 Å². The number of halogens is 2. The number of fused-ring (bicyclic) bond motifs is 10. The van der Waals surface area contributed by atoms with Crippen molar-refractivity contribution in [3.8, 4) is 33.9 Å². The topological polar surface area (TPSA) is 9.86 Å². The zero-order valence-corrected chi connectivity index (χ0v) is 29.6. The van der Waals surface area contributed by atoms with Crippen LogP contribution in [0.1, 0.15) is 22.3 Å². The number of hydrogen-bond acceptors (Lipinski definition) is 0. The summed E-state index contributed by atoms with van der Waals surface area (Å²) in [6.45, 7) is 0. The van der Waals surface area contributed by atoms with Crippen LogP contribution in [0.25, 0.3) is 55.7 Å². The quantitative estimate of drug-likeness (QED) is 0.171. The summed E-state index contributed by atoms with van der Waals surface area (Å²) < 4.78 is 8.21. The Kier molecular flexibility index (Phi) is 7.61. The van der Waals surface area contributed by atoms with Crippen LogP contribution in [0.3, 0.4) is 0 Å². The second kappa shape index (κ2) is 11.8. The fourth-order valence-corrected chi connectivity index (χ4v) is 11.4. The van der Waals surface area contributed by atoms with Crippen LogP contribution in [-0.2, 0) is 36.1 Å². The Balaban J connectivity index is 0.00000162. The number of rotatable bonds is 4. The van der Waals surface area contributed by atoms with Gasteiger partial charge >= 0.3 is 275 Å². The van der Waals surface area contributed by atoms with E-state index in [1.807, 2.05) is 0 Å². The van der Waals surface area contributed by atoms with Crippen molar-refractivity contribution in [3.05, 3.63) is 168 Å². The standard InChI is InChI=1S/2C21H14N.2ClH.Zr/c2*1-2-9-16(10-3-1)22-20-13-7-6-12-18(20)19-14-15-8-4-5-11-17(15)21(19)22;;;/h2*1-7,9-13H,14H2;2*1H;. The van der Waals surface area contributed by atoms with Crippen molar-refractivity contribution in [3.63, 3.8) is 0 Å². The first-order valence-corrected chi connectivity index (χ1v) is 18.2. The summed E-state index contributed by atoms with van der Waals surface area (Å²) in [5.74, 6) is 0. The molecule has 6 aromatic carbocycles. The molecule has 0 amide bonds. The third kappa shape index (κ3) is 4.48. The molecule has 0 fully saturated rings. The van der Waals surface area contributed by atoms with E-state index in [1.54, 1.807) is 17.7 Å². The Morgan fingerprint density at radius 2 is 0.787 bits per heavy atom. The van der Waals surface area contributed by atoms with E-state index in [2.05, 4.69) is 155 Å². The van der Waals surface area contributed by atoms with E-state index in [-0.39, 0.29) is 24.8 Å². The molecular weight excluding hydrogens is 695 g/mol. The van der Waals surface area contributed by atoms with Crippen molar-refractivity contribution in [2.24, 2.45) is 0 Å². The van der Waals surface area contributed by atoms with E-state index in [0.29, 0.717) is 0 Å². The second-order valence-corrected chi connectivity index (χ2v) is 15.4. The summed E-state index contributed by atoms with van der Waals surface area (Å²) in [6.07, 6.45) is 2.03. The van der Waals surface area contributed by atoms with Gasteiger partial charge in [0.15, 0.2) is 0 Å². The van der Waals surface area contributed by atoms with Crippen LogP contribution < -0.4 is 6.54 Å². The summed E-state index contributed by atoms with van der Waals surface area (Å²) in [6, 6.07) is 53.9. The molecule has 0 unspecified atom stereocenters. The average molecular weight is 725 g/mol. The third-order valence-electron chi connectivity index (χ3n) is 9.83. The molecule has 2 heterocycles. The SMILES string of the molecule is Cl.Cl.c1ccc(-n2c3c(c4ccccc42)Cc2[c]([Zr][c]4cccc5c4Cc4c-5n(-c5ccccc5)c5ccccc45)cccc2-3)cc1. The molecule has 2 nitrogen and oxygen atoms in total. The van der Waals surface area contributed by atoms with Gasteiger partial charge < -0.3 is 0 Å². The molecule has 2 aliphatic carbocycles. The Hall–Kier alpha value is -4.14. The van der Waals surface area contributed by atoms with E-state index >= 15 is 0 Å². The Bertz CT molecular complexity index is 2290. The molecule has 8 aromatic rings. The summed E-state index contributed by atoms with van der Waals surface area (Å²) in [5, 5.41) is 2.76. The summed E-state index contributed by atoms with van der Waals surface area (Å²) in [7, 11) is 0. The van der Waals surface area contributed by atoms with Gasteiger partial charge in [-0.15, -0.1) is 24.8 Å². The number of para-hydroxylation sites is 4. The number of benzene rings is 6. The first-order chi connectivity index (χ1) is 22.3. The van der Waals surface area contributed by atoms with Crippen molar-refractivity contribution in [1.82, 2.24) is 9.13 Å². The van der Waals surface area contributed by atoms with Gasteiger partial charge in [-0.3, -0.25) is 0 Å². The molecule has 2 aliphatic rings. The number of aromatic nitrogens is 2. The van der Waals surface area contributed by atoms with Crippen LogP contribution in [-0.4, -0.2) is 9.13 Å². The van der Waals surface area contributed by atoms with Gasteiger partial charge in [-0.1, -0.05) is 0 Å². The van der Waals surface area contributed by atoms with Gasteiger partial charge in [0, 0.05) is 0 Å². The molecule has 0 N–H and O–H groups in total. The van der Waals surface area contributed by atoms with Gasteiger partial charge in [-0.2, -0.15) is 0 Å². The van der Waals surface area contributed by atoms with Crippen LogP contribution in [0.15, 0.2) is 146 Å². The molecule has 0 bridgehead atoms. The molecule has 10 rings (SSSR count). The molecule has 5 heteroatoms. The van der Waals surface area contributed by atoms with Gasteiger partial charge in [0.1, 0.15) is 0 Å². The second-order valence-electron chi connectivity index (χ2n) is 12.2. The average Bonchev–Trinajstić information content (AvgIpc) is 3.83. The summed E-state index contributed by atoms with van der Waals surface area (Å²) in [4.78, 5) is 0. The molecule has 0 atom stereocenters. The van der Waals surface area contributed by atoms with Crippen LogP contribution in [0.2, 0.25) is 0 Å². The van der Waals surface area contributed by atoms with E-state index in [1.165, 1.54) is 66.8 Å². The van der Waals surface area contributed by atoms with E-state index in [0.717, 1.165) is 12.8 Å². The fourth-order valence-electron chi connectivity index (χ4n) is 7.96. The maximum absolute atomic E-state index is 2.50. The molecule has 0 saturated heterocycles. The first-order valence-electron chi connectivity index (χ1n) is 15.7.